The minimum absolute atomic E-state index is 0.0723. The molecule has 0 bridgehead atoms. The van der Waals surface area contributed by atoms with Crippen LogP contribution in [0.25, 0.3) is 10.2 Å². The van der Waals surface area contributed by atoms with Crippen LogP contribution in [-0.4, -0.2) is 33.7 Å². The molecule has 1 amide bonds. The number of amides is 1. The van der Waals surface area contributed by atoms with Crippen LogP contribution >= 0.6 is 23.1 Å². The molecule has 3 rings (SSSR count). The number of esters is 1. The van der Waals surface area contributed by atoms with Crippen LogP contribution in [0.15, 0.2) is 35.4 Å². The van der Waals surface area contributed by atoms with Crippen LogP contribution in [0.2, 0.25) is 0 Å². The summed E-state index contributed by atoms with van der Waals surface area (Å²) in [6, 6.07) is 9.05. The molecule has 1 atom stereocenters. The first kappa shape index (κ1) is 20.3. The maximum absolute atomic E-state index is 12.2. The zero-order chi connectivity index (χ0) is 20.3. The van der Waals surface area contributed by atoms with Crippen LogP contribution in [0.4, 0.5) is 5.69 Å². The third-order valence-corrected chi connectivity index (χ3v) is 6.20. The predicted octanol–water partition coefficient (Wildman–Crippen LogP) is 4.28. The van der Waals surface area contributed by atoms with E-state index in [2.05, 4.69) is 15.3 Å². The molecule has 1 N–H and O–H groups in total. The van der Waals surface area contributed by atoms with Gasteiger partial charge in [0.15, 0.2) is 6.10 Å². The Hall–Kier alpha value is -2.45. The second-order valence-electron chi connectivity index (χ2n) is 6.32. The van der Waals surface area contributed by atoms with E-state index in [-0.39, 0.29) is 11.7 Å². The van der Waals surface area contributed by atoms with Crippen molar-refractivity contribution in [3.8, 4) is 0 Å². The molecular weight excluding hydrogens is 394 g/mol. The zero-order valence-electron chi connectivity index (χ0n) is 16.1. The molecule has 0 saturated heterocycles. The molecule has 8 heteroatoms. The average Bonchev–Trinajstić information content (AvgIpc) is 2.94. The highest BCUT2D eigenvalue weighted by atomic mass is 32.2. The summed E-state index contributed by atoms with van der Waals surface area (Å²) in [5.74, 6) is -0.0906. The van der Waals surface area contributed by atoms with Crippen LogP contribution in [0.3, 0.4) is 0 Å². The number of hydrogen-bond donors (Lipinski definition) is 1. The van der Waals surface area contributed by atoms with Gasteiger partial charge in [0.05, 0.1) is 5.75 Å². The Morgan fingerprint density at radius 3 is 2.61 bits per heavy atom. The number of carbonyl (C=O) groups is 2. The molecule has 2 heterocycles. The molecule has 0 aliphatic rings. The number of nitrogens with zero attached hydrogens (tertiary/aromatic N) is 2. The summed E-state index contributed by atoms with van der Waals surface area (Å²) in [6.07, 6.45) is -0.884. The minimum atomic E-state index is -0.884. The number of thioether (sulfide) groups is 1. The SMILES string of the molecule is Cc1nc(SCC(=O)O[C@H](C)C(=O)Nc2ccccc2)c2c(C)c(C)sc2n1. The van der Waals surface area contributed by atoms with E-state index in [1.807, 2.05) is 39.0 Å². The van der Waals surface area contributed by atoms with Crippen LogP contribution in [0.5, 0.6) is 0 Å². The molecule has 0 aliphatic heterocycles. The maximum atomic E-state index is 12.2. The Kier molecular flexibility index (Phi) is 6.31. The van der Waals surface area contributed by atoms with Gasteiger partial charge in [0.2, 0.25) is 0 Å². The Bertz CT molecular complexity index is 1020. The predicted molar refractivity (Wildman–Crippen MR) is 113 cm³/mol. The monoisotopic (exact) mass is 415 g/mol. The lowest BCUT2D eigenvalue weighted by molar-refractivity contribution is -0.150. The highest BCUT2D eigenvalue weighted by Gasteiger charge is 2.20. The van der Waals surface area contributed by atoms with Crippen molar-refractivity contribution in [1.82, 2.24) is 9.97 Å². The molecule has 0 radical (unpaired) electrons. The van der Waals surface area contributed by atoms with Gasteiger partial charge in [0.1, 0.15) is 15.7 Å². The van der Waals surface area contributed by atoms with E-state index in [1.54, 1.807) is 30.4 Å². The van der Waals surface area contributed by atoms with Crippen LogP contribution in [0.1, 0.15) is 23.2 Å². The molecule has 6 nitrogen and oxygen atoms in total. The van der Waals surface area contributed by atoms with E-state index in [0.29, 0.717) is 11.5 Å². The molecule has 2 aromatic heterocycles. The second-order valence-corrected chi connectivity index (χ2v) is 8.48. The summed E-state index contributed by atoms with van der Waals surface area (Å²) in [5, 5.41) is 4.47. The van der Waals surface area contributed by atoms with E-state index in [1.165, 1.54) is 16.6 Å². The van der Waals surface area contributed by atoms with Crippen molar-refractivity contribution < 1.29 is 14.3 Å². The number of anilines is 1. The number of nitrogens with one attached hydrogen (secondary N) is 1. The first-order chi connectivity index (χ1) is 13.3. The lowest BCUT2D eigenvalue weighted by Crippen LogP contribution is -2.30. The van der Waals surface area contributed by atoms with Crippen molar-refractivity contribution in [1.29, 1.82) is 0 Å². The average molecular weight is 416 g/mol. The smallest absolute Gasteiger partial charge is 0.317 e. The van der Waals surface area contributed by atoms with Gasteiger partial charge in [0.25, 0.3) is 5.91 Å². The fraction of sp³-hybridized carbons (Fsp3) is 0.300. The number of rotatable bonds is 6. The molecule has 1 aromatic carbocycles. The van der Waals surface area contributed by atoms with Crippen molar-refractivity contribution in [2.75, 3.05) is 11.1 Å². The highest BCUT2D eigenvalue weighted by Crippen LogP contribution is 2.35. The van der Waals surface area contributed by atoms with Crippen LogP contribution in [-0.2, 0) is 14.3 Å². The van der Waals surface area contributed by atoms with Crippen LogP contribution < -0.4 is 5.32 Å². The lowest BCUT2D eigenvalue weighted by Gasteiger charge is -2.13. The van der Waals surface area contributed by atoms with E-state index >= 15 is 0 Å². The number of benzene rings is 1. The van der Waals surface area contributed by atoms with Gasteiger partial charge in [-0.3, -0.25) is 9.59 Å². The summed E-state index contributed by atoms with van der Waals surface area (Å²) in [5.41, 5.74) is 1.79. The third-order valence-electron chi connectivity index (χ3n) is 4.15. The number of aryl methyl sites for hydroxylation is 3. The van der Waals surface area contributed by atoms with Gasteiger partial charge in [-0.2, -0.15) is 0 Å². The summed E-state index contributed by atoms with van der Waals surface area (Å²) < 4.78 is 5.27. The topological polar surface area (TPSA) is 81.2 Å². The standard InChI is InChI=1S/C20H21N3O3S2/c1-11-13(3)28-20-17(11)19(21-14(4)22-20)27-10-16(24)26-12(2)18(25)23-15-8-6-5-7-9-15/h5-9,12H,10H2,1-4H3,(H,23,25)/t12-/m1/s1. The molecule has 0 fully saturated rings. The fourth-order valence-corrected chi connectivity index (χ4v) is 4.65. The van der Waals surface area contributed by atoms with Gasteiger partial charge in [-0.15, -0.1) is 11.3 Å². The van der Waals surface area contributed by atoms with E-state index < -0.39 is 12.1 Å². The molecule has 0 unspecified atom stereocenters. The highest BCUT2D eigenvalue weighted by molar-refractivity contribution is 8.00. The van der Waals surface area contributed by atoms with E-state index in [9.17, 15) is 9.59 Å². The number of aromatic nitrogens is 2. The first-order valence-electron chi connectivity index (χ1n) is 8.77. The van der Waals surface area contributed by atoms with Gasteiger partial charge in [-0.1, -0.05) is 30.0 Å². The number of hydrogen-bond acceptors (Lipinski definition) is 7. The van der Waals surface area contributed by atoms with Crippen LogP contribution in [0, 0.1) is 20.8 Å². The summed E-state index contributed by atoms with van der Waals surface area (Å²) in [6.45, 7) is 7.47. The molecule has 0 saturated carbocycles. The Labute approximate surface area is 171 Å². The lowest BCUT2D eigenvalue weighted by atomic mass is 10.2. The van der Waals surface area contributed by atoms with E-state index in [0.717, 1.165) is 20.8 Å². The van der Waals surface area contributed by atoms with Crippen molar-refractivity contribution in [2.45, 2.75) is 38.8 Å². The summed E-state index contributed by atoms with van der Waals surface area (Å²) >= 11 is 2.93. The number of thiophene rings is 1. The van der Waals surface area contributed by atoms with Gasteiger partial charge in [-0.25, -0.2) is 9.97 Å². The molecular formula is C20H21N3O3S2. The van der Waals surface area contributed by atoms with E-state index in [4.69, 9.17) is 4.74 Å². The van der Waals surface area contributed by atoms with Crippen molar-refractivity contribution in [2.24, 2.45) is 0 Å². The zero-order valence-corrected chi connectivity index (χ0v) is 17.7. The van der Waals surface area contributed by atoms with Gasteiger partial charge in [0, 0.05) is 16.0 Å². The van der Waals surface area contributed by atoms with Gasteiger partial charge in [-0.05, 0) is 45.4 Å². The number of fused-ring (bicyclic) bond motifs is 1. The Balaban J connectivity index is 1.61. The van der Waals surface area contributed by atoms with Crippen molar-refractivity contribution >= 4 is 50.9 Å². The number of para-hydroxylation sites is 1. The summed E-state index contributed by atoms with van der Waals surface area (Å²) in [4.78, 5) is 35.5. The Morgan fingerprint density at radius 1 is 1.18 bits per heavy atom. The Morgan fingerprint density at radius 2 is 1.89 bits per heavy atom. The maximum Gasteiger partial charge on any atom is 0.317 e. The fourth-order valence-electron chi connectivity index (χ4n) is 2.60. The molecule has 3 aromatic rings. The number of carbonyl (C=O) groups excluding carboxylic acids is 2. The second kappa shape index (κ2) is 8.70. The van der Waals surface area contributed by atoms with Crippen molar-refractivity contribution in [3.05, 3.63) is 46.6 Å². The third kappa shape index (κ3) is 4.69. The largest absolute Gasteiger partial charge is 0.452 e. The number of ether oxygens (including phenoxy) is 1. The molecule has 28 heavy (non-hydrogen) atoms. The quantitative estimate of drug-likeness (QED) is 0.368. The van der Waals surface area contributed by atoms with Crippen molar-refractivity contribution in [3.63, 3.8) is 0 Å². The summed E-state index contributed by atoms with van der Waals surface area (Å²) in [7, 11) is 0. The molecule has 146 valence electrons. The molecule has 0 aliphatic carbocycles. The minimum Gasteiger partial charge on any atom is -0.452 e. The normalized spacial score (nSPS) is 12.0. The van der Waals surface area contributed by atoms with Gasteiger partial charge >= 0.3 is 5.97 Å². The van der Waals surface area contributed by atoms with Gasteiger partial charge < -0.3 is 10.1 Å². The molecule has 0 spiro atoms. The first-order valence-corrected chi connectivity index (χ1v) is 10.6.